The van der Waals surface area contributed by atoms with E-state index in [0.29, 0.717) is 31.3 Å². The zero-order valence-corrected chi connectivity index (χ0v) is 11.2. The molecule has 2 heterocycles. The van der Waals surface area contributed by atoms with Gasteiger partial charge in [-0.3, -0.25) is 19.8 Å². The van der Waals surface area contributed by atoms with Crippen molar-refractivity contribution in [1.29, 1.82) is 0 Å². The fourth-order valence-corrected chi connectivity index (χ4v) is 2.73. The number of carbonyl (C=O) groups is 1. The summed E-state index contributed by atoms with van der Waals surface area (Å²) in [4.78, 5) is 28.9. The predicted molar refractivity (Wildman–Crippen MR) is 69.7 cm³/mol. The van der Waals surface area contributed by atoms with Crippen molar-refractivity contribution in [2.45, 2.75) is 13.0 Å². The lowest BCUT2D eigenvalue weighted by Gasteiger charge is -2.36. The van der Waals surface area contributed by atoms with E-state index in [0.717, 1.165) is 11.3 Å². The second-order valence-electron chi connectivity index (χ2n) is 4.28. The zero-order valence-electron chi connectivity index (χ0n) is 10.4. The number of anilines is 1. The van der Waals surface area contributed by atoms with Crippen LogP contribution >= 0.6 is 11.3 Å². The molecule has 0 spiro atoms. The maximum atomic E-state index is 10.9. The normalized spacial score (nSPS) is 18.3. The number of hydrogen-bond donors (Lipinski definition) is 1. The van der Waals surface area contributed by atoms with Gasteiger partial charge < -0.3 is 10.0 Å². The van der Waals surface area contributed by atoms with Crippen LogP contribution in [0, 0.1) is 10.1 Å². The fourth-order valence-electron chi connectivity index (χ4n) is 1.94. The van der Waals surface area contributed by atoms with Gasteiger partial charge in [-0.2, -0.15) is 0 Å². The molecule has 0 aliphatic carbocycles. The number of aromatic nitrogens is 1. The summed E-state index contributed by atoms with van der Waals surface area (Å²) in [5.74, 6) is -0.835. The van der Waals surface area contributed by atoms with Crippen molar-refractivity contribution in [3.63, 3.8) is 0 Å². The van der Waals surface area contributed by atoms with Crippen LogP contribution in [0.1, 0.15) is 6.92 Å². The van der Waals surface area contributed by atoms with Crippen LogP contribution in [0.5, 0.6) is 0 Å². The minimum absolute atomic E-state index is 0.0244. The summed E-state index contributed by atoms with van der Waals surface area (Å²) in [6, 6.07) is -0.507. The summed E-state index contributed by atoms with van der Waals surface area (Å²) in [6.07, 6.45) is 1.26. The van der Waals surface area contributed by atoms with E-state index >= 15 is 0 Å². The topological polar surface area (TPSA) is 99.8 Å². The number of piperazine rings is 1. The predicted octanol–water partition coefficient (Wildman–Crippen LogP) is 0.646. The Bertz CT molecular complexity index is 484. The molecule has 0 saturated carbocycles. The van der Waals surface area contributed by atoms with Gasteiger partial charge in [-0.05, 0) is 18.3 Å². The summed E-state index contributed by atoms with van der Waals surface area (Å²) in [7, 11) is 0. The van der Waals surface area contributed by atoms with Gasteiger partial charge in [0.15, 0.2) is 5.13 Å². The van der Waals surface area contributed by atoms with E-state index in [9.17, 15) is 14.9 Å². The number of carboxylic acids is 1. The lowest BCUT2D eigenvalue weighted by molar-refractivity contribution is -0.380. The van der Waals surface area contributed by atoms with Gasteiger partial charge in [-0.25, -0.2) is 4.98 Å². The fraction of sp³-hybridized carbons (Fsp3) is 0.600. The molecule has 0 bridgehead atoms. The van der Waals surface area contributed by atoms with Gasteiger partial charge in [0.1, 0.15) is 12.2 Å². The Labute approximate surface area is 113 Å². The number of aliphatic carboxylic acids is 1. The molecular formula is C10H14N4O4S. The minimum atomic E-state index is -0.835. The van der Waals surface area contributed by atoms with Gasteiger partial charge in [0.25, 0.3) is 0 Å². The Balaban J connectivity index is 1.95. The van der Waals surface area contributed by atoms with Crippen molar-refractivity contribution in [3.05, 3.63) is 16.3 Å². The summed E-state index contributed by atoms with van der Waals surface area (Å²) >= 11 is 1.04. The molecule has 1 aliphatic rings. The number of nitro groups is 1. The monoisotopic (exact) mass is 286 g/mol. The van der Waals surface area contributed by atoms with E-state index in [1.807, 2.05) is 9.80 Å². The molecular weight excluding hydrogens is 272 g/mol. The van der Waals surface area contributed by atoms with Gasteiger partial charge >= 0.3 is 11.0 Å². The smallest absolute Gasteiger partial charge is 0.345 e. The molecule has 1 N–H and O–H groups in total. The lowest BCUT2D eigenvalue weighted by Crippen LogP contribution is -2.51. The van der Waals surface area contributed by atoms with E-state index in [2.05, 4.69) is 4.98 Å². The highest BCUT2D eigenvalue weighted by molar-refractivity contribution is 7.18. The average molecular weight is 286 g/mol. The van der Waals surface area contributed by atoms with Crippen LogP contribution in [0.2, 0.25) is 0 Å². The average Bonchev–Trinajstić information content (AvgIpc) is 2.87. The van der Waals surface area contributed by atoms with Crippen molar-refractivity contribution < 1.29 is 14.8 Å². The Morgan fingerprint density at radius 3 is 2.63 bits per heavy atom. The molecule has 1 atom stereocenters. The third kappa shape index (κ3) is 2.99. The molecule has 1 aliphatic heterocycles. The summed E-state index contributed by atoms with van der Waals surface area (Å²) < 4.78 is 0. The molecule has 1 aromatic rings. The SMILES string of the molecule is CC(C(=O)O)N1CCN(c2ncc([N+](=O)[O-])s2)CC1. The van der Waals surface area contributed by atoms with Crippen LogP contribution in [0.3, 0.4) is 0 Å². The standard InChI is InChI=1S/C10H14N4O4S/c1-7(9(15)16)12-2-4-13(5-3-12)10-11-6-8(19-10)14(17)18/h6-7H,2-5H2,1H3,(H,15,16). The highest BCUT2D eigenvalue weighted by atomic mass is 32.1. The summed E-state index contributed by atoms with van der Waals surface area (Å²) in [5.41, 5.74) is 0. The second-order valence-corrected chi connectivity index (χ2v) is 5.26. The lowest BCUT2D eigenvalue weighted by atomic mass is 10.2. The molecule has 8 nitrogen and oxygen atoms in total. The first-order valence-corrected chi connectivity index (χ1v) is 6.62. The second kappa shape index (κ2) is 5.49. The van der Waals surface area contributed by atoms with Gasteiger partial charge in [0.2, 0.25) is 0 Å². The molecule has 9 heteroatoms. The molecule has 1 fully saturated rings. The van der Waals surface area contributed by atoms with Gasteiger partial charge in [0, 0.05) is 26.2 Å². The quantitative estimate of drug-likeness (QED) is 0.640. The molecule has 104 valence electrons. The van der Waals surface area contributed by atoms with E-state index in [1.54, 1.807) is 6.92 Å². The molecule has 0 radical (unpaired) electrons. The Morgan fingerprint density at radius 2 is 2.16 bits per heavy atom. The minimum Gasteiger partial charge on any atom is -0.480 e. The number of nitrogens with zero attached hydrogens (tertiary/aromatic N) is 4. The molecule has 1 unspecified atom stereocenters. The number of carboxylic acid groups (broad SMARTS) is 1. The van der Waals surface area contributed by atoms with E-state index in [4.69, 9.17) is 5.11 Å². The van der Waals surface area contributed by atoms with Crippen molar-refractivity contribution in [1.82, 2.24) is 9.88 Å². The third-order valence-electron chi connectivity index (χ3n) is 3.15. The van der Waals surface area contributed by atoms with Crippen LogP contribution in [0.15, 0.2) is 6.20 Å². The first kappa shape index (κ1) is 13.7. The number of hydrogen-bond acceptors (Lipinski definition) is 7. The van der Waals surface area contributed by atoms with Gasteiger partial charge in [0.05, 0.1) is 4.92 Å². The zero-order chi connectivity index (χ0) is 14.0. The van der Waals surface area contributed by atoms with E-state index in [1.165, 1.54) is 6.20 Å². The maximum Gasteiger partial charge on any atom is 0.345 e. The van der Waals surface area contributed by atoms with Crippen LogP contribution in [0.25, 0.3) is 0 Å². The Kier molecular flexibility index (Phi) is 3.96. The van der Waals surface area contributed by atoms with Crippen molar-refractivity contribution in [2.24, 2.45) is 0 Å². The highest BCUT2D eigenvalue weighted by Crippen LogP contribution is 2.28. The molecule has 19 heavy (non-hydrogen) atoms. The first-order valence-electron chi connectivity index (χ1n) is 5.81. The Morgan fingerprint density at radius 1 is 1.53 bits per heavy atom. The van der Waals surface area contributed by atoms with Crippen LogP contribution in [0.4, 0.5) is 10.1 Å². The number of thiazole rings is 1. The number of rotatable bonds is 4. The third-order valence-corrected chi connectivity index (χ3v) is 4.16. The molecule has 0 aromatic carbocycles. The van der Waals surface area contributed by atoms with Crippen molar-refractivity contribution in [2.75, 3.05) is 31.1 Å². The Hall–Kier alpha value is -1.74. The van der Waals surface area contributed by atoms with E-state index in [-0.39, 0.29) is 5.00 Å². The molecule has 1 saturated heterocycles. The van der Waals surface area contributed by atoms with Gasteiger partial charge in [-0.1, -0.05) is 0 Å². The van der Waals surface area contributed by atoms with Crippen LogP contribution in [-0.4, -0.2) is 58.1 Å². The van der Waals surface area contributed by atoms with E-state index < -0.39 is 16.9 Å². The maximum absolute atomic E-state index is 10.9. The summed E-state index contributed by atoms with van der Waals surface area (Å²) in [5, 5.41) is 20.2. The van der Waals surface area contributed by atoms with Crippen molar-refractivity contribution >= 4 is 27.4 Å². The molecule has 2 rings (SSSR count). The van der Waals surface area contributed by atoms with Crippen molar-refractivity contribution in [3.8, 4) is 0 Å². The largest absolute Gasteiger partial charge is 0.480 e. The highest BCUT2D eigenvalue weighted by Gasteiger charge is 2.27. The molecule has 0 amide bonds. The van der Waals surface area contributed by atoms with Crippen LogP contribution in [-0.2, 0) is 4.79 Å². The first-order chi connectivity index (χ1) is 8.99. The molecule has 1 aromatic heterocycles. The van der Waals surface area contributed by atoms with Crippen LogP contribution < -0.4 is 4.90 Å². The van der Waals surface area contributed by atoms with Gasteiger partial charge in [-0.15, -0.1) is 0 Å². The summed E-state index contributed by atoms with van der Waals surface area (Å²) in [6.45, 7) is 4.14.